The number of fused-ring (bicyclic) bond motifs is 1. The monoisotopic (exact) mass is 461 g/mol. The van der Waals surface area contributed by atoms with Crippen LogP contribution in [0.3, 0.4) is 0 Å². The number of carbonyl (C=O) groups is 1. The second-order valence-corrected chi connectivity index (χ2v) is 9.84. The van der Waals surface area contributed by atoms with Crippen LogP contribution in [0.4, 0.5) is 0 Å². The molecule has 1 heterocycles. The predicted octanol–water partition coefficient (Wildman–Crippen LogP) is 6.52. The number of benzene rings is 2. The minimum atomic E-state index is -0.335. The van der Waals surface area contributed by atoms with E-state index in [1.807, 2.05) is 68.1 Å². The Morgan fingerprint density at radius 2 is 1.76 bits per heavy atom. The molecule has 0 spiro atoms. The van der Waals surface area contributed by atoms with E-state index >= 15 is 0 Å². The zero-order chi connectivity index (χ0) is 24.8. The van der Waals surface area contributed by atoms with Gasteiger partial charge < -0.3 is 4.90 Å². The Morgan fingerprint density at radius 1 is 1.03 bits per heavy atom. The lowest BCUT2D eigenvalue weighted by Gasteiger charge is -2.32. The Labute approximate surface area is 203 Å². The topological polar surface area (TPSA) is 55.2 Å². The third kappa shape index (κ3) is 5.75. The molecule has 5 nitrogen and oxygen atoms in total. The number of nitrogens with zero attached hydrogens (tertiary/aromatic N) is 3. The van der Waals surface area contributed by atoms with Crippen LogP contribution in [0.5, 0.6) is 0 Å². The Balaban J connectivity index is 2.16. The Kier molecular flexibility index (Phi) is 8.65. The highest BCUT2D eigenvalue weighted by Crippen LogP contribution is 2.26. The summed E-state index contributed by atoms with van der Waals surface area (Å²) in [6, 6.07) is 13.2. The first-order valence-electron chi connectivity index (χ1n) is 12.6. The zero-order valence-electron chi connectivity index (χ0n) is 21.6. The number of unbranched alkanes of at least 4 members (excludes halogenated alkanes) is 3. The highest BCUT2D eigenvalue weighted by atomic mass is 16.2. The van der Waals surface area contributed by atoms with Crippen molar-refractivity contribution in [2.75, 3.05) is 6.54 Å². The fourth-order valence-electron chi connectivity index (χ4n) is 4.48. The molecule has 0 aliphatic heterocycles. The van der Waals surface area contributed by atoms with Gasteiger partial charge in [0.1, 0.15) is 5.82 Å². The van der Waals surface area contributed by atoms with Crippen molar-refractivity contribution in [3.8, 4) is 5.69 Å². The van der Waals surface area contributed by atoms with E-state index in [0.717, 1.165) is 42.5 Å². The molecule has 0 aliphatic rings. The molecular weight excluding hydrogens is 422 g/mol. The van der Waals surface area contributed by atoms with Crippen molar-refractivity contribution in [3.05, 3.63) is 69.8 Å². The van der Waals surface area contributed by atoms with Gasteiger partial charge in [-0.3, -0.25) is 14.2 Å². The van der Waals surface area contributed by atoms with Crippen LogP contribution in [0.1, 0.15) is 82.8 Å². The van der Waals surface area contributed by atoms with Gasteiger partial charge in [-0.1, -0.05) is 64.3 Å². The molecule has 5 heteroatoms. The molecule has 1 unspecified atom stereocenters. The molecule has 34 heavy (non-hydrogen) atoms. The Hall–Kier alpha value is -2.95. The van der Waals surface area contributed by atoms with Crippen molar-refractivity contribution in [1.82, 2.24) is 14.5 Å². The van der Waals surface area contributed by atoms with Gasteiger partial charge in [-0.15, -0.1) is 0 Å². The van der Waals surface area contributed by atoms with Gasteiger partial charge in [-0.05, 0) is 62.4 Å². The predicted molar refractivity (Wildman–Crippen MR) is 141 cm³/mol. The zero-order valence-corrected chi connectivity index (χ0v) is 21.6. The van der Waals surface area contributed by atoms with E-state index < -0.39 is 0 Å². The summed E-state index contributed by atoms with van der Waals surface area (Å²) in [6.07, 6.45) is 4.77. The number of rotatable bonds is 10. The number of amides is 1. The molecule has 182 valence electrons. The van der Waals surface area contributed by atoms with Crippen LogP contribution in [0.2, 0.25) is 0 Å². The highest BCUT2D eigenvalue weighted by Gasteiger charge is 2.27. The lowest BCUT2D eigenvalue weighted by molar-refractivity contribution is -0.134. The van der Waals surface area contributed by atoms with Gasteiger partial charge in [-0.25, -0.2) is 4.98 Å². The third-order valence-electron chi connectivity index (χ3n) is 6.37. The minimum Gasteiger partial charge on any atom is -0.333 e. The van der Waals surface area contributed by atoms with E-state index in [4.69, 9.17) is 4.98 Å². The summed E-state index contributed by atoms with van der Waals surface area (Å²) >= 11 is 0. The van der Waals surface area contributed by atoms with E-state index in [9.17, 15) is 9.59 Å². The molecule has 1 atom stereocenters. The summed E-state index contributed by atoms with van der Waals surface area (Å²) in [6.45, 7) is 13.1. The van der Waals surface area contributed by atoms with Gasteiger partial charge in [0, 0.05) is 13.0 Å². The fraction of sp³-hybridized carbons (Fsp3) is 0.483. The van der Waals surface area contributed by atoms with Gasteiger partial charge in [-0.2, -0.15) is 0 Å². The highest BCUT2D eigenvalue weighted by molar-refractivity contribution is 5.79. The van der Waals surface area contributed by atoms with Crippen LogP contribution >= 0.6 is 0 Å². The fourth-order valence-corrected chi connectivity index (χ4v) is 4.48. The maximum Gasteiger partial charge on any atom is 0.266 e. The molecule has 0 saturated heterocycles. The Morgan fingerprint density at radius 3 is 2.47 bits per heavy atom. The van der Waals surface area contributed by atoms with Gasteiger partial charge in [0.05, 0.1) is 22.6 Å². The van der Waals surface area contributed by atoms with Gasteiger partial charge >= 0.3 is 0 Å². The van der Waals surface area contributed by atoms with Crippen molar-refractivity contribution in [1.29, 1.82) is 0 Å². The summed E-state index contributed by atoms with van der Waals surface area (Å²) in [5, 5.41) is 0.584. The van der Waals surface area contributed by atoms with Crippen LogP contribution in [-0.2, 0) is 4.79 Å². The van der Waals surface area contributed by atoms with Crippen molar-refractivity contribution in [2.45, 2.75) is 79.7 Å². The molecule has 0 saturated carbocycles. The molecule has 0 radical (unpaired) electrons. The second-order valence-electron chi connectivity index (χ2n) is 9.84. The average molecular weight is 462 g/mol. The number of aryl methyl sites for hydroxylation is 2. The Bertz CT molecular complexity index is 1200. The number of aromatic nitrogens is 2. The van der Waals surface area contributed by atoms with Crippen LogP contribution in [0.25, 0.3) is 16.6 Å². The maximum absolute atomic E-state index is 13.8. The molecule has 0 aliphatic carbocycles. The third-order valence-corrected chi connectivity index (χ3v) is 6.37. The minimum absolute atomic E-state index is 0.0963. The molecule has 3 rings (SSSR count). The first-order valence-corrected chi connectivity index (χ1v) is 12.6. The van der Waals surface area contributed by atoms with E-state index in [-0.39, 0.29) is 17.5 Å². The summed E-state index contributed by atoms with van der Waals surface area (Å²) in [5.74, 6) is 1.05. The van der Waals surface area contributed by atoms with Crippen molar-refractivity contribution in [3.63, 3.8) is 0 Å². The van der Waals surface area contributed by atoms with E-state index in [1.165, 1.54) is 0 Å². The molecule has 0 fully saturated rings. The summed E-state index contributed by atoms with van der Waals surface area (Å²) in [4.78, 5) is 34.1. The van der Waals surface area contributed by atoms with E-state index in [2.05, 4.69) is 20.8 Å². The van der Waals surface area contributed by atoms with Crippen LogP contribution < -0.4 is 5.56 Å². The lowest BCUT2D eigenvalue weighted by atomic mass is 10.1. The van der Waals surface area contributed by atoms with Crippen LogP contribution in [-0.4, -0.2) is 26.9 Å². The first kappa shape index (κ1) is 25.7. The number of para-hydroxylation sites is 1. The number of hydrogen-bond acceptors (Lipinski definition) is 3. The summed E-state index contributed by atoms with van der Waals surface area (Å²) in [7, 11) is 0. The molecule has 0 N–H and O–H groups in total. The van der Waals surface area contributed by atoms with Crippen molar-refractivity contribution in [2.24, 2.45) is 5.92 Å². The van der Waals surface area contributed by atoms with Gasteiger partial charge in [0.25, 0.3) is 5.56 Å². The summed E-state index contributed by atoms with van der Waals surface area (Å²) < 4.78 is 1.73. The smallest absolute Gasteiger partial charge is 0.266 e. The first-order chi connectivity index (χ1) is 16.2. The molecule has 2 aromatic carbocycles. The SMILES string of the molecule is CCCCCCC(=O)N(CC(C)C)C(C)c1nc2ccccc2c(=O)n1-c1cc(C)ccc1C. The summed E-state index contributed by atoms with van der Waals surface area (Å²) in [5.41, 5.74) is 3.46. The number of hydrogen-bond donors (Lipinski definition) is 0. The van der Waals surface area contributed by atoms with Crippen molar-refractivity contribution >= 4 is 16.8 Å². The molecule has 1 aromatic heterocycles. The average Bonchev–Trinajstić information content (AvgIpc) is 2.81. The molecule has 0 bridgehead atoms. The van der Waals surface area contributed by atoms with E-state index in [0.29, 0.717) is 35.6 Å². The second kappa shape index (κ2) is 11.5. The van der Waals surface area contributed by atoms with E-state index in [1.54, 1.807) is 4.57 Å². The normalized spacial score (nSPS) is 12.3. The number of carbonyl (C=O) groups excluding carboxylic acids is 1. The van der Waals surface area contributed by atoms with Gasteiger partial charge in [0.15, 0.2) is 0 Å². The van der Waals surface area contributed by atoms with Crippen molar-refractivity contribution < 1.29 is 4.79 Å². The molecular formula is C29H39N3O2. The van der Waals surface area contributed by atoms with Gasteiger partial charge in [0.2, 0.25) is 5.91 Å². The van der Waals surface area contributed by atoms with Crippen LogP contribution in [0, 0.1) is 19.8 Å². The lowest BCUT2D eigenvalue weighted by Crippen LogP contribution is -2.39. The van der Waals surface area contributed by atoms with Crippen LogP contribution in [0.15, 0.2) is 47.3 Å². The largest absolute Gasteiger partial charge is 0.333 e. The molecule has 3 aromatic rings. The molecule has 1 amide bonds. The quantitative estimate of drug-likeness (QED) is 0.323. The standard InChI is InChI=1S/C29H39N3O2/c1-7-8-9-10-15-27(33)31(19-20(2)3)23(6)28-30-25-14-12-11-13-24(25)29(34)32(28)26-18-21(4)16-17-22(26)5/h11-14,16-18,20,23H,7-10,15,19H2,1-6H3. The maximum atomic E-state index is 13.8.